The molecule has 2 amide bonds. The van der Waals surface area contributed by atoms with Crippen molar-refractivity contribution in [3.05, 3.63) is 119 Å². The number of aromatic nitrogens is 1. The third-order valence-corrected chi connectivity index (χ3v) is 9.91. The summed E-state index contributed by atoms with van der Waals surface area (Å²) in [5.41, 5.74) is 7.83. The van der Waals surface area contributed by atoms with Crippen molar-refractivity contribution in [2.45, 2.75) is 24.7 Å². The fourth-order valence-electron chi connectivity index (χ4n) is 7.32. The molecule has 8 heteroatoms. The van der Waals surface area contributed by atoms with Crippen LogP contribution in [0.15, 0.2) is 102 Å². The van der Waals surface area contributed by atoms with E-state index in [-0.39, 0.29) is 17.7 Å². The smallest absolute Gasteiger partial charge is 0.239 e. The van der Waals surface area contributed by atoms with Gasteiger partial charge in [-0.25, -0.2) is 9.88 Å². The Bertz CT molecular complexity index is 1850. The zero-order valence-corrected chi connectivity index (χ0v) is 24.3. The van der Waals surface area contributed by atoms with Gasteiger partial charge < -0.3 is 4.74 Å². The molecular formula is C35H28N4O3S. The van der Waals surface area contributed by atoms with Crippen LogP contribution in [0.2, 0.25) is 0 Å². The molecule has 0 unspecified atom stereocenters. The summed E-state index contributed by atoms with van der Waals surface area (Å²) in [6.45, 7) is 2.66. The Hall–Kier alpha value is -4.82. The van der Waals surface area contributed by atoms with Gasteiger partial charge in [0.1, 0.15) is 5.75 Å². The summed E-state index contributed by atoms with van der Waals surface area (Å²) in [7, 11) is 0. The van der Waals surface area contributed by atoms with Crippen LogP contribution in [0.4, 0.5) is 10.8 Å². The fraction of sp³-hybridized carbons (Fsp3) is 0.200. The lowest BCUT2D eigenvalue weighted by atomic mass is 9.47. The monoisotopic (exact) mass is 584 g/mol. The minimum atomic E-state index is -0.943. The Balaban J connectivity index is 1.26. The number of carbonyl (C=O) groups is 2. The van der Waals surface area contributed by atoms with Gasteiger partial charge in [-0.15, -0.1) is 0 Å². The van der Waals surface area contributed by atoms with Crippen molar-refractivity contribution >= 4 is 50.4 Å². The standard InChI is InChI=1S/C35H28N4O3S/c1-2-19-42-22-17-15-21(16-18-22)39-32(40)30-29-23-9-3-5-11-25(23)35(31(30)33(39)41,26-12-6-4-10-24(26)29)20-36-38-34-37-27-13-7-8-14-28(27)43-34/h3-18,20,29-31H,2,19H2,1H3,(H,37,38)/b36-20-/t29?,30-,31-,35?/m1/s1. The number of hydrogen-bond donors (Lipinski definition) is 1. The second-order valence-electron chi connectivity index (χ2n) is 11.2. The summed E-state index contributed by atoms with van der Waals surface area (Å²) < 4.78 is 6.81. The number of hydrogen-bond acceptors (Lipinski definition) is 7. The molecule has 4 aliphatic rings. The van der Waals surface area contributed by atoms with Crippen molar-refractivity contribution < 1.29 is 14.3 Å². The highest BCUT2D eigenvalue weighted by atomic mass is 32.1. The normalized spacial score (nSPS) is 23.5. The Labute approximate surface area is 252 Å². The quantitative estimate of drug-likeness (QED) is 0.130. The molecule has 212 valence electrons. The van der Waals surface area contributed by atoms with Crippen molar-refractivity contribution in [3.8, 4) is 5.75 Å². The number of para-hydroxylation sites is 1. The van der Waals surface area contributed by atoms with E-state index < -0.39 is 17.3 Å². The van der Waals surface area contributed by atoms with E-state index in [9.17, 15) is 9.59 Å². The average molecular weight is 585 g/mol. The molecule has 1 aliphatic heterocycles. The summed E-state index contributed by atoms with van der Waals surface area (Å²) in [5.74, 6) is -1.10. The zero-order chi connectivity index (χ0) is 29.1. The second kappa shape index (κ2) is 9.88. The van der Waals surface area contributed by atoms with Crippen LogP contribution in [0, 0.1) is 11.8 Å². The number of carbonyl (C=O) groups excluding carboxylic acids is 2. The minimum Gasteiger partial charge on any atom is -0.494 e. The number of benzene rings is 4. The third kappa shape index (κ3) is 3.72. The molecule has 1 saturated heterocycles. The van der Waals surface area contributed by atoms with Gasteiger partial charge in [0.15, 0.2) is 0 Å². The summed E-state index contributed by atoms with van der Waals surface area (Å²) in [4.78, 5) is 35.0. The van der Waals surface area contributed by atoms with Crippen molar-refractivity contribution in [1.29, 1.82) is 0 Å². The second-order valence-corrected chi connectivity index (χ2v) is 12.3. The van der Waals surface area contributed by atoms with Crippen molar-refractivity contribution in [1.82, 2.24) is 4.98 Å². The van der Waals surface area contributed by atoms with Crippen LogP contribution >= 0.6 is 11.3 Å². The Morgan fingerprint density at radius 3 is 2.28 bits per heavy atom. The first-order valence-corrected chi connectivity index (χ1v) is 15.4. The van der Waals surface area contributed by atoms with Crippen LogP contribution in [0.25, 0.3) is 10.2 Å². The molecule has 2 heterocycles. The summed E-state index contributed by atoms with van der Waals surface area (Å²) in [6, 6.07) is 31.6. The number of nitrogens with zero attached hydrogens (tertiary/aromatic N) is 3. The lowest BCUT2D eigenvalue weighted by Crippen LogP contribution is -2.54. The number of amides is 2. The van der Waals surface area contributed by atoms with Crippen LogP contribution in [0.5, 0.6) is 5.75 Å². The molecule has 0 saturated carbocycles. The maximum atomic E-state index is 14.6. The number of thiazole rings is 1. The number of anilines is 2. The van der Waals surface area contributed by atoms with Crippen molar-refractivity contribution in [3.63, 3.8) is 0 Å². The molecule has 0 spiro atoms. The largest absolute Gasteiger partial charge is 0.494 e. The van der Waals surface area contributed by atoms with Crippen molar-refractivity contribution in [2.24, 2.45) is 16.9 Å². The molecule has 0 radical (unpaired) electrons. The van der Waals surface area contributed by atoms with Gasteiger partial charge in [-0.2, -0.15) is 5.10 Å². The molecule has 2 bridgehead atoms. The Kier molecular flexibility index (Phi) is 5.94. The summed E-state index contributed by atoms with van der Waals surface area (Å²) >= 11 is 1.52. The van der Waals surface area contributed by atoms with Gasteiger partial charge in [-0.1, -0.05) is 78.9 Å². The first-order valence-electron chi connectivity index (χ1n) is 14.6. The van der Waals surface area contributed by atoms with Gasteiger partial charge in [-0.3, -0.25) is 15.0 Å². The van der Waals surface area contributed by atoms with Crippen molar-refractivity contribution in [2.75, 3.05) is 16.9 Å². The molecule has 1 fully saturated rings. The highest BCUT2D eigenvalue weighted by Crippen LogP contribution is 2.63. The molecule has 2 atom stereocenters. The first-order chi connectivity index (χ1) is 21.1. The summed E-state index contributed by atoms with van der Waals surface area (Å²) in [5, 5.41) is 5.42. The predicted octanol–water partition coefficient (Wildman–Crippen LogP) is 6.73. The number of nitrogens with one attached hydrogen (secondary N) is 1. The Morgan fingerprint density at radius 1 is 0.907 bits per heavy atom. The van der Waals surface area contributed by atoms with E-state index in [2.05, 4.69) is 41.6 Å². The third-order valence-electron chi connectivity index (χ3n) is 8.97. The first kappa shape index (κ1) is 25.9. The minimum absolute atomic E-state index is 0.178. The number of rotatable bonds is 7. The molecule has 1 N–H and O–H groups in total. The van der Waals surface area contributed by atoms with E-state index in [4.69, 9.17) is 9.84 Å². The van der Waals surface area contributed by atoms with Crippen LogP contribution in [-0.4, -0.2) is 29.6 Å². The van der Waals surface area contributed by atoms with E-state index in [1.807, 2.05) is 66.9 Å². The average Bonchev–Trinajstić information content (AvgIpc) is 3.58. The number of imide groups is 1. The molecular weight excluding hydrogens is 556 g/mol. The molecule has 9 rings (SSSR count). The zero-order valence-electron chi connectivity index (χ0n) is 23.4. The molecule has 7 nitrogen and oxygen atoms in total. The van der Waals surface area contributed by atoms with E-state index in [0.717, 1.165) is 38.9 Å². The highest BCUT2D eigenvalue weighted by molar-refractivity contribution is 7.22. The lowest BCUT2D eigenvalue weighted by molar-refractivity contribution is -0.122. The van der Waals surface area contributed by atoms with Gasteiger partial charge in [0.05, 0.1) is 39.8 Å². The highest BCUT2D eigenvalue weighted by Gasteiger charge is 2.68. The molecule has 5 aromatic rings. The van der Waals surface area contributed by atoms with Gasteiger partial charge in [0.25, 0.3) is 0 Å². The number of hydrazone groups is 1. The van der Waals surface area contributed by atoms with Crippen LogP contribution in [-0.2, 0) is 15.0 Å². The molecule has 1 aromatic heterocycles. The van der Waals surface area contributed by atoms with E-state index in [0.29, 0.717) is 23.2 Å². The fourth-order valence-corrected chi connectivity index (χ4v) is 8.14. The summed E-state index contributed by atoms with van der Waals surface area (Å²) in [6.07, 6.45) is 2.74. The Morgan fingerprint density at radius 2 is 1.58 bits per heavy atom. The molecule has 3 aliphatic carbocycles. The SMILES string of the molecule is CCCOc1ccc(N2C(=O)[C@@H]3C4c5ccccc5C(/C=N\Nc5nc6ccccc6s5)(c5ccccc54)[C@H]3C2=O)cc1. The van der Waals surface area contributed by atoms with Gasteiger partial charge in [0, 0.05) is 12.1 Å². The van der Waals surface area contributed by atoms with Crippen LogP contribution < -0.4 is 15.1 Å². The van der Waals surface area contributed by atoms with E-state index in [1.165, 1.54) is 16.2 Å². The number of ether oxygens (including phenoxy) is 1. The van der Waals surface area contributed by atoms with Gasteiger partial charge in [-0.05, 0) is 65.1 Å². The predicted molar refractivity (Wildman–Crippen MR) is 169 cm³/mol. The maximum absolute atomic E-state index is 14.6. The molecule has 43 heavy (non-hydrogen) atoms. The van der Waals surface area contributed by atoms with E-state index in [1.54, 1.807) is 12.1 Å². The van der Waals surface area contributed by atoms with E-state index >= 15 is 0 Å². The van der Waals surface area contributed by atoms with Crippen LogP contribution in [0.1, 0.15) is 41.5 Å². The molecule has 4 aromatic carbocycles. The lowest BCUT2D eigenvalue weighted by Gasteiger charge is -2.52. The number of fused-ring (bicyclic) bond motifs is 1. The van der Waals surface area contributed by atoms with Crippen LogP contribution in [0.3, 0.4) is 0 Å². The topological polar surface area (TPSA) is 83.9 Å². The van der Waals surface area contributed by atoms with Gasteiger partial charge >= 0.3 is 0 Å². The van der Waals surface area contributed by atoms with Gasteiger partial charge in [0.2, 0.25) is 16.9 Å². The maximum Gasteiger partial charge on any atom is 0.239 e.